The number of nitrogens with two attached hydrogens (primary N) is 1. The molecule has 0 amide bonds. The van der Waals surface area contributed by atoms with Crippen LogP contribution in [-0.2, 0) is 11.2 Å². The van der Waals surface area contributed by atoms with Gasteiger partial charge in [-0.15, -0.1) is 0 Å². The van der Waals surface area contributed by atoms with E-state index in [2.05, 4.69) is 37.2 Å². The lowest BCUT2D eigenvalue weighted by molar-refractivity contribution is 0.183. The van der Waals surface area contributed by atoms with Gasteiger partial charge < -0.3 is 15.0 Å². The van der Waals surface area contributed by atoms with Crippen LogP contribution in [0.3, 0.4) is 0 Å². The lowest BCUT2D eigenvalue weighted by atomic mass is 10.1. The zero-order valence-corrected chi connectivity index (χ0v) is 10.9. The third-order valence-electron chi connectivity index (χ3n) is 2.77. The number of anilines is 1. The van der Waals surface area contributed by atoms with Gasteiger partial charge in [0.15, 0.2) is 0 Å². The number of hydrogen-bond acceptors (Lipinski definition) is 3. The minimum absolute atomic E-state index is 0.246. The first-order chi connectivity index (χ1) is 7.52. The monoisotopic (exact) mass is 225 g/mol. The van der Waals surface area contributed by atoms with E-state index in [0.717, 1.165) is 23.8 Å². The topological polar surface area (TPSA) is 53.1 Å². The third-order valence-corrected chi connectivity index (χ3v) is 2.77. The largest absolute Gasteiger partial charge is 0.384 e. The van der Waals surface area contributed by atoms with Crippen LogP contribution in [0.25, 0.3) is 0 Å². The minimum Gasteiger partial charge on any atom is -0.384 e. The molecule has 0 aliphatic rings. The lowest BCUT2D eigenvalue weighted by Crippen LogP contribution is -2.10. The molecule has 1 atom stereocenters. The molecule has 1 rings (SSSR count). The molecule has 2 N–H and O–H groups in total. The second-order valence-corrected chi connectivity index (χ2v) is 4.47. The number of rotatable bonds is 5. The molecule has 4 nitrogen and oxygen atoms in total. The predicted molar refractivity (Wildman–Crippen MR) is 66.7 cm³/mol. The first-order valence-corrected chi connectivity index (χ1v) is 5.88. The fourth-order valence-corrected chi connectivity index (χ4v) is 2.03. The summed E-state index contributed by atoms with van der Waals surface area (Å²) in [6, 6.07) is 0.353. The van der Waals surface area contributed by atoms with Crippen LogP contribution >= 0.6 is 0 Å². The van der Waals surface area contributed by atoms with Crippen LogP contribution in [0, 0.1) is 0 Å². The van der Waals surface area contributed by atoms with Crippen molar-refractivity contribution in [3.8, 4) is 0 Å². The molecular formula is C12H23N3O. The van der Waals surface area contributed by atoms with Crippen LogP contribution < -0.4 is 5.73 Å². The number of aryl methyl sites for hydroxylation is 1. The van der Waals surface area contributed by atoms with Crippen molar-refractivity contribution < 1.29 is 4.74 Å². The number of methoxy groups -OCH3 is 1. The summed E-state index contributed by atoms with van der Waals surface area (Å²) >= 11 is 0. The summed E-state index contributed by atoms with van der Waals surface area (Å²) in [6.07, 6.45) is 0.905. The van der Waals surface area contributed by atoms with E-state index in [-0.39, 0.29) is 5.92 Å². The van der Waals surface area contributed by atoms with Crippen LogP contribution in [0.4, 0.5) is 5.82 Å². The number of ether oxygens (including phenoxy) is 1. The molecule has 0 fully saturated rings. The summed E-state index contributed by atoms with van der Waals surface area (Å²) in [5, 5.41) is 0. The predicted octanol–water partition coefficient (Wildman–Crippen LogP) is 2.36. The highest BCUT2D eigenvalue weighted by Gasteiger charge is 2.19. The van der Waals surface area contributed by atoms with Crippen molar-refractivity contribution in [1.82, 2.24) is 9.55 Å². The quantitative estimate of drug-likeness (QED) is 0.837. The van der Waals surface area contributed by atoms with Crippen LogP contribution in [0.1, 0.15) is 51.2 Å². The average Bonchev–Trinajstić information content (AvgIpc) is 2.55. The zero-order valence-electron chi connectivity index (χ0n) is 10.9. The molecular weight excluding hydrogens is 202 g/mol. The molecule has 4 heteroatoms. The molecule has 16 heavy (non-hydrogen) atoms. The molecule has 0 aromatic carbocycles. The van der Waals surface area contributed by atoms with Crippen LogP contribution in [-0.4, -0.2) is 23.3 Å². The van der Waals surface area contributed by atoms with Gasteiger partial charge in [0.1, 0.15) is 11.6 Å². The number of aromatic nitrogens is 2. The van der Waals surface area contributed by atoms with Crippen LogP contribution in [0.2, 0.25) is 0 Å². The van der Waals surface area contributed by atoms with Crippen molar-refractivity contribution in [2.75, 3.05) is 19.5 Å². The van der Waals surface area contributed by atoms with Crippen LogP contribution in [0.15, 0.2) is 0 Å². The first-order valence-electron chi connectivity index (χ1n) is 5.88. The minimum atomic E-state index is 0.246. The second-order valence-electron chi connectivity index (χ2n) is 4.47. The van der Waals surface area contributed by atoms with E-state index in [1.807, 2.05) is 0 Å². The summed E-state index contributed by atoms with van der Waals surface area (Å²) in [7, 11) is 1.70. The molecule has 0 saturated heterocycles. The maximum atomic E-state index is 6.16. The van der Waals surface area contributed by atoms with Crippen molar-refractivity contribution in [1.29, 1.82) is 0 Å². The fraction of sp³-hybridized carbons (Fsp3) is 0.750. The Bertz CT molecular complexity index is 344. The summed E-state index contributed by atoms with van der Waals surface area (Å²) in [4.78, 5) is 4.63. The molecule has 0 aliphatic carbocycles. The fourth-order valence-electron chi connectivity index (χ4n) is 2.03. The van der Waals surface area contributed by atoms with E-state index < -0.39 is 0 Å². The Hall–Kier alpha value is -1.03. The highest BCUT2D eigenvalue weighted by molar-refractivity contribution is 5.41. The Morgan fingerprint density at radius 1 is 1.38 bits per heavy atom. The Kier molecular flexibility index (Phi) is 4.35. The smallest absolute Gasteiger partial charge is 0.127 e. The zero-order chi connectivity index (χ0) is 12.3. The van der Waals surface area contributed by atoms with Gasteiger partial charge in [0.25, 0.3) is 0 Å². The van der Waals surface area contributed by atoms with Gasteiger partial charge in [0.05, 0.1) is 12.3 Å². The Balaban J connectivity index is 3.12. The molecule has 92 valence electrons. The molecule has 1 aromatic rings. The number of nitrogens with zero attached hydrogens (tertiary/aromatic N) is 2. The van der Waals surface area contributed by atoms with E-state index in [1.54, 1.807) is 7.11 Å². The lowest BCUT2D eigenvalue weighted by Gasteiger charge is -2.13. The highest BCUT2D eigenvalue weighted by Crippen LogP contribution is 2.26. The van der Waals surface area contributed by atoms with E-state index >= 15 is 0 Å². The van der Waals surface area contributed by atoms with Gasteiger partial charge >= 0.3 is 0 Å². The van der Waals surface area contributed by atoms with E-state index in [0.29, 0.717) is 12.6 Å². The molecule has 1 unspecified atom stereocenters. The van der Waals surface area contributed by atoms with E-state index in [9.17, 15) is 0 Å². The van der Waals surface area contributed by atoms with Gasteiger partial charge in [-0.2, -0.15) is 0 Å². The highest BCUT2D eigenvalue weighted by atomic mass is 16.5. The van der Waals surface area contributed by atoms with Gasteiger partial charge in [0, 0.05) is 25.5 Å². The normalized spacial score (nSPS) is 13.4. The number of imidazole rings is 1. The van der Waals surface area contributed by atoms with E-state index in [4.69, 9.17) is 10.5 Å². The number of nitrogen functional groups attached to an aromatic ring is 1. The molecule has 0 saturated carbocycles. The standard InChI is InChI=1S/C12H23N3O/c1-6-10-14-11(9(4)7-16-5)12(13)15(10)8(2)3/h8-9H,6-7,13H2,1-5H3. The molecule has 0 aliphatic heterocycles. The molecule has 0 spiro atoms. The summed E-state index contributed by atoms with van der Waals surface area (Å²) in [5.74, 6) is 2.09. The summed E-state index contributed by atoms with van der Waals surface area (Å²) < 4.78 is 7.26. The number of hydrogen-bond donors (Lipinski definition) is 1. The maximum Gasteiger partial charge on any atom is 0.127 e. The SMILES string of the molecule is CCc1nc(C(C)COC)c(N)n1C(C)C. The summed E-state index contributed by atoms with van der Waals surface area (Å²) in [6.45, 7) is 9.10. The summed E-state index contributed by atoms with van der Waals surface area (Å²) in [5.41, 5.74) is 7.12. The van der Waals surface area contributed by atoms with Gasteiger partial charge in [-0.1, -0.05) is 13.8 Å². The first kappa shape index (κ1) is 13.0. The van der Waals surface area contributed by atoms with Gasteiger partial charge in [-0.25, -0.2) is 4.98 Å². The molecule has 1 heterocycles. The van der Waals surface area contributed by atoms with Crippen molar-refractivity contribution >= 4 is 5.82 Å². The molecule has 0 radical (unpaired) electrons. The van der Waals surface area contributed by atoms with Gasteiger partial charge in [-0.3, -0.25) is 0 Å². The Labute approximate surface area is 97.8 Å². The average molecular weight is 225 g/mol. The van der Waals surface area contributed by atoms with Crippen molar-refractivity contribution in [3.63, 3.8) is 0 Å². The molecule has 0 bridgehead atoms. The maximum absolute atomic E-state index is 6.16. The third kappa shape index (κ3) is 2.38. The van der Waals surface area contributed by atoms with Crippen LogP contribution in [0.5, 0.6) is 0 Å². The molecule has 1 aromatic heterocycles. The van der Waals surface area contributed by atoms with Crippen molar-refractivity contribution in [2.45, 2.75) is 46.1 Å². The Morgan fingerprint density at radius 3 is 2.38 bits per heavy atom. The van der Waals surface area contributed by atoms with Crippen molar-refractivity contribution in [3.05, 3.63) is 11.5 Å². The second kappa shape index (κ2) is 5.34. The van der Waals surface area contributed by atoms with Gasteiger partial charge in [0.2, 0.25) is 0 Å². The van der Waals surface area contributed by atoms with Crippen molar-refractivity contribution in [2.24, 2.45) is 0 Å². The van der Waals surface area contributed by atoms with E-state index in [1.165, 1.54) is 0 Å². The van der Waals surface area contributed by atoms with Gasteiger partial charge in [-0.05, 0) is 13.8 Å². The Morgan fingerprint density at radius 2 is 2.00 bits per heavy atom.